The van der Waals surface area contributed by atoms with Crippen molar-refractivity contribution in [1.29, 1.82) is 0 Å². The second-order valence-electron chi connectivity index (χ2n) is 7.98. The number of carbonyl (C=O) groups excluding carboxylic acids is 1. The van der Waals surface area contributed by atoms with Gasteiger partial charge in [0.25, 0.3) is 0 Å². The summed E-state index contributed by atoms with van der Waals surface area (Å²) in [6.45, 7) is 4.12. The van der Waals surface area contributed by atoms with Crippen LogP contribution in [-0.2, 0) is 10.2 Å². The van der Waals surface area contributed by atoms with Gasteiger partial charge >= 0.3 is 0 Å². The van der Waals surface area contributed by atoms with Crippen LogP contribution in [0.2, 0.25) is 0 Å². The lowest BCUT2D eigenvalue weighted by Crippen LogP contribution is -2.22. The summed E-state index contributed by atoms with van der Waals surface area (Å²) >= 11 is 0. The lowest BCUT2D eigenvalue weighted by molar-refractivity contribution is -0.117. The van der Waals surface area contributed by atoms with Crippen LogP contribution in [0.1, 0.15) is 28.7 Å². The molecule has 0 aliphatic heterocycles. The van der Waals surface area contributed by atoms with Gasteiger partial charge in [0.15, 0.2) is 0 Å². The molecule has 4 rings (SSSR count). The molecule has 3 aromatic carbocycles. The summed E-state index contributed by atoms with van der Waals surface area (Å²) in [5, 5.41) is 3.12. The molecular formula is C26H27NO3. The van der Waals surface area contributed by atoms with E-state index in [4.69, 9.17) is 9.47 Å². The number of nitrogens with one attached hydrogen (secondary N) is 1. The first-order chi connectivity index (χ1) is 14.5. The third-order valence-corrected chi connectivity index (χ3v) is 6.22. The highest BCUT2D eigenvalue weighted by Crippen LogP contribution is 2.60. The van der Waals surface area contributed by atoms with Crippen LogP contribution in [0.4, 0.5) is 5.69 Å². The van der Waals surface area contributed by atoms with E-state index < -0.39 is 5.41 Å². The van der Waals surface area contributed by atoms with Crippen LogP contribution in [0.25, 0.3) is 0 Å². The summed E-state index contributed by atoms with van der Waals surface area (Å²) in [5.74, 6) is 1.44. The Balaban J connectivity index is 1.70. The van der Waals surface area contributed by atoms with Gasteiger partial charge in [0.2, 0.25) is 5.91 Å². The van der Waals surface area contributed by atoms with E-state index in [1.165, 1.54) is 5.56 Å². The Labute approximate surface area is 177 Å². The molecule has 0 unspecified atom stereocenters. The molecule has 1 aliphatic carbocycles. The van der Waals surface area contributed by atoms with E-state index in [2.05, 4.69) is 31.3 Å². The average Bonchev–Trinajstić information content (AvgIpc) is 3.54. The first-order valence-electron chi connectivity index (χ1n) is 10.1. The summed E-state index contributed by atoms with van der Waals surface area (Å²) in [7, 11) is 3.32. The van der Waals surface area contributed by atoms with E-state index in [1.807, 2.05) is 54.6 Å². The van der Waals surface area contributed by atoms with Crippen molar-refractivity contribution in [3.8, 4) is 11.5 Å². The van der Waals surface area contributed by atoms with Crippen molar-refractivity contribution in [2.75, 3.05) is 19.5 Å². The molecule has 1 amide bonds. The molecule has 4 heteroatoms. The van der Waals surface area contributed by atoms with Gasteiger partial charge in [-0.15, -0.1) is 0 Å². The highest BCUT2D eigenvalue weighted by atomic mass is 16.5. The molecule has 0 spiro atoms. The maximum absolute atomic E-state index is 13.3. The van der Waals surface area contributed by atoms with E-state index in [-0.39, 0.29) is 11.8 Å². The fourth-order valence-corrected chi connectivity index (χ4v) is 4.23. The van der Waals surface area contributed by atoms with E-state index in [9.17, 15) is 4.79 Å². The monoisotopic (exact) mass is 401 g/mol. The van der Waals surface area contributed by atoms with E-state index in [1.54, 1.807) is 14.2 Å². The fraction of sp³-hybridized carbons (Fsp3) is 0.269. The van der Waals surface area contributed by atoms with Gasteiger partial charge in [-0.3, -0.25) is 4.79 Å². The van der Waals surface area contributed by atoms with Crippen LogP contribution in [0.15, 0.2) is 66.7 Å². The maximum Gasteiger partial charge on any atom is 0.228 e. The highest BCUT2D eigenvalue weighted by molar-refractivity contribution is 5.97. The van der Waals surface area contributed by atoms with Crippen LogP contribution in [0.3, 0.4) is 0 Å². The number of rotatable bonds is 6. The van der Waals surface area contributed by atoms with Crippen LogP contribution < -0.4 is 14.8 Å². The first kappa shape index (κ1) is 20.0. The normalized spacial score (nSPS) is 16.6. The topological polar surface area (TPSA) is 47.6 Å². The Hall–Kier alpha value is -3.27. The second-order valence-corrected chi connectivity index (χ2v) is 7.98. The maximum atomic E-state index is 13.3. The van der Waals surface area contributed by atoms with Crippen molar-refractivity contribution in [3.05, 3.63) is 89.0 Å². The van der Waals surface area contributed by atoms with Gasteiger partial charge < -0.3 is 14.8 Å². The van der Waals surface area contributed by atoms with Crippen molar-refractivity contribution in [2.24, 2.45) is 5.92 Å². The molecule has 4 nitrogen and oxygen atoms in total. The van der Waals surface area contributed by atoms with Crippen molar-refractivity contribution < 1.29 is 14.3 Å². The van der Waals surface area contributed by atoms with Crippen molar-refractivity contribution in [1.82, 2.24) is 0 Å². The minimum Gasteiger partial charge on any atom is -0.497 e. The van der Waals surface area contributed by atoms with E-state index >= 15 is 0 Å². The number of hydrogen-bond donors (Lipinski definition) is 1. The number of ether oxygens (including phenoxy) is 2. The van der Waals surface area contributed by atoms with E-state index in [0.717, 1.165) is 40.3 Å². The third kappa shape index (κ3) is 3.54. The number of amides is 1. The molecule has 0 radical (unpaired) electrons. The minimum atomic E-state index is -0.396. The Morgan fingerprint density at radius 3 is 2.00 bits per heavy atom. The molecule has 0 heterocycles. The number of methoxy groups -OCH3 is 2. The average molecular weight is 402 g/mol. The van der Waals surface area contributed by atoms with Gasteiger partial charge in [0, 0.05) is 11.1 Å². The summed E-state index contributed by atoms with van der Waals surface area (Å²) in [6.07, 6.45) is 0.740. The van der Waals surface area contributed by atoms with Crippen LogP contribution in [0, 0.1) is 19.8 Å². The van der Waals surface area contributed by atoms with Gasteiger partial charge in [0.05, 0.1) is 20.1 Å². The summed E-state index contributed by atoms with van der Waals surface area (Å²) < 4.78 is 10.9. The largest absolute Gasteiger partial charge is 0.497 e. The molecule has 0 saturated heterocycles. The van der Waals surface area contributed by atoms with Crippen molar-refractivity contribution in [3.63, 3.8) is 0 Å². The van der Waals surface area contributed by atoms with Crippen molar-refractivity contribution in [2.45, 2.75) is 25.7 Å². The predicted molar refractivity (Wildman–Crippen MR) is 119 cm³/mol. The Bertz CT molecular complexity index is 1040. The van der Waals surface area contributed by atoms with Crippen LogP contribution in [-0.4, -0.2) is 20.1 Å². The van der Waals surface area contributed by atoms with Gasteiger partial charge in [0.1, 0.15) is 11.5 Å². The molecule has 0 aromatic heterocycles. The number of carbonyl (C=O) groups is 1. The molecule has 1 N–H and O–H groups in total. The standard InChI is InChI=1S/C26H27NO3/c1-17-11-12-21(13-18(17)2)27-25(28)24-16-26(24,19-7-5-9-22(14-19)29-3)20-8-6-10-23(15-20)30-4/h5-15,24H,16H2,1-4H3,(H,27,28)/t24-/m0/s1. The Morgan fingerprint density at radius 1 is 0.867 bits per heavy atom. The smallest absolute Gasteiger partial charge is 0.228 e. The van der Waals surface area contributed by atoms with Crippen LogP contribution >= 0.6 is 0 Å². The van der Waals surface area contributed by atoms with E-state index in [0.29, 0.717) is 0 Å². The predicted octanol–water partition coefficient (Wildman–Crippen LogP) is 5.27. The van der Waals surface area contributed by atoms with Gasteiger partial charge in [-0.05, 0) is 78.9 Å². The number of aryl methyl sites for hydroxylation is 2. The van der Waals surface area contributed by atoms with Gasteiger partial charge in [-0.1, -0.05) is 30.3 Å². The molecule has 1 atom stereocenters. The van der Waals surface area contributed by atoms with Gasteiger partial charge in [-0.25, -0.2) is 0 Å². The molecular weight excluding hydrogens is 374 g/mol. The molecule has 1 fully saturated rings. The zero-order valence-corrected chi connectivity index (χ0v) is 17.9. The summed E-state index contributed by atoms with van der Waals surface area (Å²) in [4.78, 5) is 13.3. The second kappa shape index (κ2) is 7.86. The third-order valence-electron chi connectivity index (χ3n) is 6.22. The summed E-state index contributed by atoms with van der Waals surface area (Å²) in [5.41, 5.74) is 4.97. The zero-order valence-electron chi connectivity index (χ0n) is 17.9. The number of hydrogen-bond acceptors (Lipinski definition) is 3. The van der Waals surface area contributed by atoms with Crippen LogP contribution in [0.5, 0.6) is 11.5 Å². The molecule has 30 heavy (non-hydrogen) atoms. The highest BCUT2D eigenvalue weighted by Gasteiger charge is 2.60. The minimum absolute atomic E-state index is 0.0314. The molecule has 154 valence electrons. The molecule has 1 saturated carbocycles. The molecule has 0 bridgehead atoms. The molecule has 3 aromatic rings. The lowest BCUT2D eigenvalue weighted by atomic mass is 9.85. The quantitative estimate of drug-likeness (QED) is 0.612. The number of benzene rings is 3. The van der Waals surface area contributed by atoms with Gasteiger partial charge in [-0.2, -0.15) is 0 Å². The SMILES string of the molecule is COc1cccc(C2(c3cccc(OC)c3)C[C@H]2C(=O)Nc2ccc(C)c(C)c2)c1. The number of anilines is 1. The Morgan fingerprint density at radius 2 is 1.47 bits per heavy atom. The molecule has 1 aliphatic rings. The zero-order chi connectivity index (χ0) is 21.3. The summed E-state index contributed by atoms with van der Waals surface area (Å²) in [6, 6.07) is 22.0. The first-order valence-corrected chi connectivity index (χ1v) is 10.1. The Kier molecular flexibility index (Phi) is 5.25. The lowest BCUT2D eigenvalue weighted by Gasteiger charge is -2.20. The fourth-order valence-electron chi connectivity index (χ4n) is 4.23. The van der Waals surface area contributed by atoms with Crippen molar-refractivity contribution >= 4 is 11.6 Å².